The zero-order valence-electron chi connectivity index (χ0n) is 11.7. The molecule has 0 amide bonds. The van der Waals surface area contributed by atoms with E-state index in [9.17, 15) is 37.8 Å². The van der Waals surface area contributed by atoms with Gasteiger partial charge in [0.1, 0.15) is 57.3 Å². The Labute approximate surface area is 184 Å². The number of hydrogen-bond donors (Lipinski definition) is 0. The van der Waals surface area contributed by atoms with Crippen LogP contribution in [0.4, 0.5) is 0 Å². The normalized spacial score (nSPS) is 13.8. The third-order valence-electron chi connectivity index (χ3n) is 0.690. The van der Waals surface area contributed by atoms with Gasteiger partial charge in [-0.1, -0.05) is 46.4 Å². The molecule has 0 heterocycles. The van der Waals surface area contributed by atoms with Crippen LogP contribution in [0.1, 0.15) is 0 Å². The predicted molar refractivity (Wildman–Crippen MR) is 83.2 cm³/mol. The van der Waals surface area contributed by atoms with Gasteiger partial charge in [0.25, 0.3) is 0 Å². The van der Waals surface area contributed by atoms with Crippen LogP contribution < -0.4 is 19.6 Å². The molecule has 12 nitrogen and oxygen atoms in total. The fourth-order valence-corrected chi connectivity index (χ4v) is 1.60. The molecule has 0 aliphatic rings. The summed E-state index contributed by atoms with van der Waals surface area (Å²) in [6.07, 6.45) is 0. The zero-order chi connectivity index (χ0) is 20.0. The van der Waals surface area contributed by atoms with Crippen molar-refractivity contribution in [3.63, 3.8) is 0 Å². The Morgan fingerprint density at radius 2 is 0.640 bits per heavy atom. The summed E-state index contributed by atoms with van der Waals surface area (Å²) in [4.78, 5) is 37.5. The Morgan fingerprint density at radius 1 is 0.520 bits per heavy atom. The summed E-state index contributed by atoms with van der Waals surface area (Å²) in [5.74, 6) is 0. The van der Waals surface area contributed by atoms with Gasteiger partial charge in [-0.2, -0.15) is 0 Å². The largest absolute Gasteiger partial charge is 4.00 e. The van der Waals surface area contributed by atoms with Gasteiger partial charge in [0.05, 0.1) is 0 Å². The molecule has 21 heteroatoms. The molecule has 0 rings (SSSR count). The van der Waals surface area contributed by atoms with Gasteiger partial charge in [0.2, 0.25) is 0 Å². The second-order valence-electron chi connectivity index (χ2n) is 2.01. The fourth-order valence-electron chi connectivity index (χ4n) is 0.178. The molecule has 152 valence electrons. The minimum absolute atomic E-state index is 0. The standard InChI is InChI=1S/4CH4ClO3P.Zr/c4*2-1-5-6(3)4;/h4*6H,1H2,(H,3,4);/q;;;;+4/p-4. The maximum absolute atomic E-state index is 9.37. The van der Waals surface area contributed by atoms with Crippen molar-refractivity contribution in [3.05, 3.63) is 0 Å². The molecule has 0 saturated carbocycles. The third-order valence-corrected chi connectivity index (χ3v) is 3.38. The van der Waals surface area contributed by atoms with Gasteiger partial charge in [-0.05, 0) is 0 Å². The van der Waals surface area contributed by atoms with E-state index in [1.807, 2.05) is 0 Å². The molecule has 0 aliphatic heterocycles. The molecule has 0 N–H and O–H groups in total. The second kappa shape index (κ2) is 34.2. The van der Waals surface area contributed by atoms with Crippen LogP contribution in [-0.2, 0) is 62.6 Å². The molecule has 0 saturated heterocycles. The van der Waals surface area contributed by atoms with Crippen molar-refractivity contribution in [3.8, 4) is 0 Å². The Hall–Kier alpha value is 2.64. The molecule has 0 radical (unpaired) electrons. The Bertz CT molecular complexity index is 289. The molecule has 0 aliphatic carbocycles. The van der Waals surface area contributed by atoms with Crippen molar-refractivity contribution in [1.82, 2.24) is 0 Å². The summed E-state index contributed by atoms with van der Waals surface area (Å²) < 4.78 is 52.7. The molecule has 0 aromatic heterocycles. The van der Waals surface area contributed by atoms with Gasteiger partial charge in [-0.25, -0.2) is 0 Å². The van der Waals surface area contributed by atoms with Gasteiger partial charge in [0.15, 0.2) is 0 Å². The first-order chi connectivity index (χ1) is 11.1. The maximum atomic E-state index is 9.37. The van der Waals surface area contributed by atoms with Gasteiger partial charge in [-0.3, -0.25) is 0 Å². The Balaban J connectivity index is -0.0000000702. The van der Waals surface area contributed by atoms with Crippen LogP contribution in [0.2, 0.25) is 0 Å². The summed E-state index contributed by atoms with van der Waals surface area (Å²) in [6, 6.07) is -1.11. The minimum Gasteiger partial charge on any atom is -0.781 e. The molecule has 4 unspecified atom stereocenters. The van der Waals surface area contributed by atoms with Crippen LogP contribution in [0.15, 0.2) is 0 Å². The van der Waals surface area contributed by atoms with Crippen molar-refractivity contribution >= 4 is 79.4 Å². The SMILES string of the molecule is O=[PH]([O-])OCCl.O=[PH]([O-])OCCl.O=[PH]([O-])OCCl.O=[PH]([O-])OCCl.[Zr+4]. The predicted octanol–water partition coefficient (Wildman–Crippen LogP) is -0.205. The summed E-state index contributed by atoms with van der Waals surface area (Å²) >= 11 is 19.2. The topological polar surface area (TPSA) is 197 Å². The third kappa shape index (κ3) is 75.5. The second-order valence-corrected chi connectivity index (χ2v) is 6.04. The Morgan fingerprint density at radius 3 is 0.640 bits per heavy atom. The number of halogens is 4. The quantitative estimate of drug-likeness (QED) is 0.260. The van der Waals surface area contributed by atoms with Gasteiger partial charge in [0, 0.05) is 0 Å². The number of alkyl halides is 4. The molecular weight excluding hydrogens is 597 g/mol. The van der Waals surface area contributed by atoms with Crippen LogP contribution in [0, 0.1) is 0 Å². The average molecular weight is 609 g/mol. The van der Waals surface area contributed by atoms with Crippen molar-refractivity contribution < 1.29 is 82.1 Å². The molecule has 0 spiro atoms. The summed E-state index contributed by atoms with van der Waals surface area (Å²) in [5.41, 5.74) is 0. The van der Waals surface area contributed by atoms with Crippen LogP contribution in [0.5, 0.6) is 0 Å². The van der Waals surface area contributed by atoms with Crippen molar-refractivity contribution in [2.24, 2.45) is 0 Å². The molecular formula is C4H12Cl4O12P4Zr. The van der Waals surface area contributed by atoms with E-state index in [1.165, 1.54) is 0 Å². The molecule has 4 atom stereocenters. The smallest absolute Gasteiger partial charge is 0.781 e. The van der Waals surface area contributed by atoms with Gasteiger partial charge >= 0.3 is 26.2 Å². The molecule has 0 aromatic carbocycles. The van der Waals surface area contributed by atoms with E-state index in [0.29, 0.717) is 0 Å². The monoisotopic (exact) mass is 606 g/mol. The summed E-state index contributed by atoms with van der Waals surface area (Å²) in [7, 11) is -12.1. The Kier molecular flexibility index (Phi) is 52.3. The van der Waals surface area contributed by atoms with Crippen LogP contribution in [0.25, 0.3) is 0 Å². The van der Waals surface area contributed by atoms with E-state index >= 15 is 0 Å². The zero-order valence-corrected chi connectivity index (χ0v) is 21.2. The minimum atomic E-state index is -3.02. The van der Waals surface area contributed by atoms with Gasteiger partial charge in [-0.15, -0.1) is 0 Å². The van der Waals surface area contributed by atoms with Crippen molar-refractivity contribution in [1.29, 1.82) is 0 Å². The van der Waals surface area contributed by atoms with E-state index in [-0.39, 0.29) is 50.5 Å². The van der Waals surface area contributed by atoms with Gasteiger partial charge < -0.3 is 55.9 Å². The van der Waals surface area contributed by atoms with E-state index in [1.54, 1.807) is 0 Å². The van der Waals surface area contributed by atoms with E-state index in [0.717, 1.165) is 0 Å². The first-order valence-electron chi connectivity index (χ1n) is 4.67. The first-order valence-corrected chi connectivity index (χ1v) is 11.7. The van der Waals surface area contributed by atoms with Crippen molar-refractivity contribution in [2.75, 3.05) is 24.3 Å². The average Bonchev–Trinajstić information content (AvgIpc) is 2.39. The van der Waals surface area contributed by atoms with Crippen LogP contribution >= 0.6 is 79.4 Å². The summed E-state index contributed by atoms with van der Waals surface area (Å²) in [6.45, 7) is 0. The van der Waals surface area contributed by atoms with E-state index < -0.39 is 33.0 Å². The molecule has 0 bridgehead atoms. The van der Waals surface area contributed by atoms with Crippen LogP contribution in [-0.4, -0.2) is 24.3 Å². The molecule has 0 fully saturated rings. The first kappa shape index (κ1) is 38.3. The maximum Gasteiger partial charge on any atom is 4.00 e. The molecule has 25 heavy (non-hydrogen) atoms. The van der Waals surface area contributed by atoms with Crippen molar-refractivity contribution in [2.45, 2.75) is 0 Å². The number of hydrogen-bond acceptors (Lipinski definition) is 12. The van der Waals surface area contributed by atoms with Crippen LogP contribution in [0.3, 0.4) is 0 Å². The van der Waals surface area contributed by atoms with E-state index in [2.05, 4.69) is 18.1 Å². The number of rotatable bonds is 8. The summed E-state index contributed by atoms with van der Waals surface area (Å²) in [5, 5.41) is 0. The van der Waals surface area contributed by atoms with E-state index in [4.69, 9.17) is 46.4 Å². The fraction of sp³-hybridized carbons (Fsp3) is 1.00. The molecule has 0 aromatic rings.